The number of carbonyl (C=O) groups is 2. The van der Waals surface area contributed by atoms with E-state index in [2.05, 4.69) is 15.4 Å². The molecule has 2 aromatic carbocycles. The van der Waals surface area contributed by atoms with Gasteiger partial charge in [0.05, 0.1) is 11.4 Å². The number of amides is 2. The summed E-state index contributed by atoms with van der Waals surface area (Å²) in [5.41, 5.74) is 2.82. The quantitative estimate of drug-likeness (QED) is 0.661. The molecular weight excluding hydrogens is 378 g/mol. The number of hydrogen-bond donors (Lipinski definition) is 3. The smallest absolute Gasteiger partial charge is 0.261 e. The summed E-state index contributed by atoms with van der Waals surface area (Å²) >= 11 is 0. The lowest BCUT2D eigenvalue weighted by molar-refractivity contribution is -0.120. The van der Waals surface area contributed by atoms with E-state index < -0.39 is 15.9 Å². The Morgan fingerprint density at radius 3 is 2.29 bits per heavy atom. The van der Waals surface area contributed by atoms with Gasteiger partial charge in [-0.25, -0.2) is 8.42 Å². The Kier molecular flexibility index (Phi) is 5.69. The molecule has 0 unspecified atom stereocenters. The van der Waals surface area contributed by atoms with Crippen molar-refractivity contribution in [2.24, 2.45) is 0 Å². The van der Waals surface area contributed by atoms with Gasteiger partial charge in [-0.2, -0.15) is 0 Å². The minimum absolute atomic E-state index is 0.0498. The van der Waals surface area contributed by atoms with E-state index in [4.69, 9.17) is 0 Å². The summed E-state index contributed by atoms with van der Waals surface area (Å²) in [6.07, 6.45) is 1.96. The molecule has 3 N–H and O–H groups in total. The molecule has 0 radical (unpaired) electrons. The fourth-order valence-electron chi connectivity index (χ4n) is 2.57. The summed E-state index contributed by atoms with van der Waals surface area (Å²) in [4.78, 5) is 23.8. The fourth-order valence-corrected chi connectivity index (χ4v) is 3.62. The molecular formula is C20H23N3O4S. The molecule has 1 saturated carbocycles. The Morgan fingerprint density at radius 1 is 1.00 bits per heavy atom. The van der Waals surface area contributed by atoms with Crippen LogP contribution in [-0.2, 0) is 14.8 Å². The molecule has 7 nitrogen and oxygen atoms in total. The van der Waals surface area contributed by atoms with E-state index in [0.29, 0.717) is 5.69 Å². The van der Waals surface area contributed by atoms with Crippen molar-refractivity contribution in [1.82, 2.24) is 10.6 Å². The molecule has 1 fully saturated rings. The lowest BCUT2D eigenvalue weighted by Gasteiger charge is -2.10. The van der Waals surface area contributed by atoms with Gasteiger partial charge >= 0.3 is 0 Å². The van der Waals surface area contributed by atoms with Crippen molar-refractivity contribution < 1.29 is 18.0 Å². The van der Waals surface area contributed by atoms with Crippen LogP contribution in [0.3, 0.4) is 0 Å². The number of sulfonamides is 1. The lowest BCUT2D eigenvalue weighted by atomic mass is 10.1. The van der Waals surface area contributed by atoms with Gasteiger partial charge in [0.1, 0.15) is 0 Å². The van der Waals surface area contributed by atoms with Crippen molar-refractivity contribution in [3.05, 3.63) is 59.2 Å². The average Bonchev–Trinajstić information content (AvgIpc) is 3.46. The second-order valence-electron chi connectivity index (χ2n) is 6.95. The van der Waals surface area contributed by atoms with E-state index in [-0.39, 0.29) is 29.0 Å². The summed E-state index contributed by atoms with van der Waals surface area (Å²) in [7, 11) is -3.76. The number of anilines is 1. The third kappa shape index (κ3) is 5.10. The first-order chi connectivity index (χ1) is 13.2. The number of aryl methyl sites for hydroxylation is 2. The molecule has 0 saturated heterocycles. The summed E-state index contributed by atoms with van der Waals surface area (Å²) in [5, 5.41) is 5.30. The highest BCUT2D eigenvalue weighted by Crippen LogP contribution is 2.20. The van der Waals surface area contributed by atoms with Crippen LogP contribution < -0.4 is 15.4 Å². The number of benzene rings is 2. The van der Waals surface area contributed by atoms with Gasteiger partial charge in [0, 0.05) is 17.3 Å². The van der Waals surface area contributed by atoms with Gasteiger partial charge in [0.15, 0.2) is 0 Å². The summed E-state index contributed by atoms with van der Waals surface area (Å²) in [6.45, 7) is 3.75. The molecule has 0 bridgehead atoms. The van der Waals surface area contributed by atoms with Gasteiger partial charge in [-0.3, -0.25) is 14.3 Å². The first-order valence-corrected chi connectivity index (χ1v) is 10.5. The predicted molar refractivity (Wildman–Crippen MR) is 107 cm³/mol. The van der Waals surface area contributed by atoms with Gasteiger partial charge in [-0.05, 0) is 74.2 Å². The summed E-state index contributed by atoms with van der Waals surface area (Å²) < 4.78 is 27.6. The standard InChI is InChI=1S/C20H23N3O4S/c1-13-3-6-17(11-14(13)2)23-28(26,27)18-9-4-15(5-10-18)20(25)21-12-19(24)22-16-7-8-16/h3-6,9-11,16,23H,7-8,12H2,1-2H3,(H,21,25)(H,22,24). The molecule has 148 valence electrons. The normalized spacial score (nSPS) is 13.6. The highest BCUT2D eigenvalue weighted by molar-refractivity contribution is 7.92. The molecule has 2 aromatic rings. The Bertz CT molecular complexity index is 997. The van der Waals surface area contributed by atoms with Crippen LogP contribution in [0.4, 0.5) is 5.69 Å². The van der Waals surface area contributed by atoms with Crippen LogP contribution in [-0.4, -0.2) is 32.8 Å². The van der Waals surface area contributed by atoms with E-state index in [1.54, 1.807) is 12.1 Å². The number of rotatable bonds is 7. The molecule has 8 heteroatoms. The Labute approximate surface area is 164 Å². The van der Waals surface area contributed by atoms with E-state index >= 15 is 0 Å². The lowest BCUT2D eigenvalue weighted by Crippen LogP contribution is -2.37. The summed E-state index contributed by atoms with van der Waals surface area (Å²) in [5.74, 6) is -0.662. The average molecular weight is 401 g/mol. The third-order valence-corrected chi connectivity index (χ3v) is 5.94. The molecule has 0 atom stereocenters. The van der Waals surface area contributed by atoms with Crippen LogP contribution in [0.2, 0.25) is 0 Å². The van der Waals surface area contributed by atoms with E-state index in [1.165, 1.54) is 24.3 Å². The van der Waals surface area contributed by atoms with Crippen molar-refractivity contribution >= 4 is 27.5 Å². The van der Waals surface area contributed by atoms with Gasteiger partial charge < -0.3 is 10.6 Å². The Balaban J connectivity index is 1.62. The number of carbonyl (C=O) groups excluding carboxylic acids is 2. The van der Waals surface area contributed by atoms with E-state index in [9.17, 15) is 18.0 Å². The zero-order valence-corrected chi connectivity index (χ0v) is 16.6. The van der Waals surface area contributed by atoms with Crippen LogP contribution in [0.15, 0.2) is 47.4 Å². The fraction of sp³-hybridized carbons (Fsp3) is 0.300. The second-order valence-corrected chi connectivity index (χ2v) is 8.64. The van der Waals surface area contributed by atoms with Gasteiger partial charge in [0.25, 0.3) is 15.9 Å². The topological polar surface area (TPSA) is 104 Å². The molecule has 0 heterocycles. The van der Waals surface area contributed by atoms with Gasteiger partial charge in [-0.1, -0.05) is 6.07 Å². The molecule has 28 heavy (non-hydrogen) atoms. The van der Waals surface area contributed by atoms with Crippen molar-refractivity contribution in [3.63, 3.8) is 0 Å². The van der Waals surface area contributed by atoms with Crippen LogP contribution in [0.1, 0.15) is 34.3 Å². The molecule has 1 aliphatic carbocycles. The van der Waals surface area contributed by atoms with Crippen LogP contribution in [0.25, 0.3) is 0 Å². The van der Waals surface area contributed by atoms with Crippen molar-refractivity contribution in [3.8, 4) is 0 Å². The van der Waals surface area contributed by atoms with Gasteiger partial charge in [-0.15, -0.1) is 0 Å². The van der Waals surface area contributed by atoms with E-state index in [0.717, 1.165) is 24.0 Å². The molecule has 3 rings (SSSR count). The van der Waals surface area contributed by atoms with Crippen molar-refractivity contribution in [1.29, 1.82) is 0 Å². The zero-order valence-electron chi connectivity index (χ0n) is 15.8. The maximum atomic E-state index is 12.5. The minimum Gasteiger partial charge on any atom is -0.352 e. The molecule has 2 amide bonds. The Hall–Kier alpha value is -2.87. The van der Waals surface area contributed by atoms with Crippen molar-refractivity contribution in [2.75, 3.05) is 11.3 Å². The maximum Gasteiger partial charge on any atom is 0.261 e. The van der Waals surface area contributed by atoms with Crippen LogP contribution >= 0.6 is 0 Å². The first kappa shape index (κ1) is 19.9. The monoisotopic (exact) mass is 401 g/mol. The third-order valence-electron chi connectivity index (χ3n) is 4.54. The van der Waals surface area contributed by atoms with Crippen molar-refractivity contribution in [2.45, 2.75) is 37.6 Å². The second kappa shape index (κ2) is 8.02. The Morgan fingerprint density at radius 2 is 1.68 bits per heavy atom. The van der Waals surface area contributed by atoms with E-state index in [1.807, 2.05) is 19.9 Å². The highest BCUT2D eigenvalue weighted by atomic mass is 32.2. The molecule has 0 aliphatic heterocycles. The first-order valence-electron chi connectivity index (χ1n) is 9.02. The van der Waals surface area contributed by atoms with Gasteiger partial charge in [0.2, 0.25) is 5.91 Å². The summed E-state index contributed by atoms with van der Waals surface area (Å²) in [6, 6.07) is 11.1. The highest BCUT2D eigenvalue weighted by Gasteiger charge is 2.23. The van der Waals surface area contributed by atoms with Crippen LogP contribution in [0.5, 0.6) is 0 Å². The predicted octanol–water partition coefficient (Wildman–Crippen LogP) is 2.11. The van der Waals surface area contributed by atoms with Crippen LogP contribution in [0, 0.1) is 13.8 Å². The number of nitrogens with one attached hydrogen (secondary N) is 3. The largest absolute Gasteiger partial charge is 0.352 e. The number of hydrogen-bond acceptors (Lipinski definition) is 4. The zero-order chi connectivity index (χ0) is 20.3. The molecule has 0 spiro atoms. The maximum absolute atomic E-state index is 12.5. The molecule has 0 aromatic heterocycles. The SMILES string of the molecule is Cc1ccc(NS(=O)(=O)c2ccc(C(=O)NCC(=O)NC3CC3)cc2)cc1C. The molecule has 1 aliphatic rings. The minimum atomic E-state index is -3.76.